The van der Waals surface area contributed by atoms with Crippen LogP contribution in [0.5, 0.6) is 0 Å². The highest BCUT2D eigenvalue weighted by molar-refractivity contribution is 7.98. The summed E-state index contributed by atoms with van der Waals surface area (Å²) in [5.74, 6) is 0.971. The molecular formula is C17H20N2S2. The van der Waals surface area contributed by atoms with Crippen LogP contribution in [-0.2, 0) is 5.75 Å². The largest absolute Gasteiger partial charge is 0.360 e. The minimum absolute atomic E-state index is 0.339. The first-order valence-corrected chi connectivity index (χ1v) is 8.37. The number of anilines is 1. The van der Waals surface area contributed by atoms with E-state index in [-0.39, 0.29) is 0 Å². The van der Waals surface area contributed by atoms with Crippen molar-refractivity contribution in [3.8, 4) is 0 Å². The second-order valence-corrected chi connectivity index (χ2v) is 6.51. The van der Waals surface area contributed by atoms with Crippen LogP contribution in [0.3, 0.4) is 0 Å². The van der Waals surface area contributed by atoms with Gasteiger partial charge >= 0.3 is 0 Å². The topological polar surface area (TPSA) is 24.1 Å². The molecular weight excluding hydrogens is 296 g/mol. The molecule has 21 heavy (non-hydrogen) atoms. The summed E-state index contributed by atoms with van der Waals surface area (Å²) in [5.41, 5.74) is 2.32. The number of hydrogen-bond acceptors (Lipinski definition) is 2. The Morgan fingerprint density at radius 3 is 2.33 bits per heavy atom. The molecule has 0 aliphatic carbocycles. The van der Waals surface area contributed by atoms with Crippen LogP contribution in [0, 0.1) is 0 Å². The lowest BCUT2D eigenvalue weighted by atomic mass is 10.2. The van der Waals surface area contributed by atoms with Gasteiger partial charge in [0.2, 0.25) is 0 Å². The number of nitrogens with one attached hydrogen (secondary N) is 2. The molecule has 0 amide bonds. The molecule has 0 bridgehead atoms. The van der Waals surface area contributed by atoms with Crippen molar-refractivity contribution in [1.82, 2.24) is 5.32 Å². The predicted molar refractivity (Wildman–Crippen MR) is 96.9 cm³/mol. The van der Waals surface area contributed by atoms with Gasteiger partial charge in [0, 0.05) is 22.4 Å². The molecule has 0 saturated carbocycles. The van der Waals surface area contributed by atoms with Crippen molar-refractivity contribution < 1.29 is 0 Å². The third-order valence-corrected chi connectivity index (χ3v) is 4.08. The summed E-state index contributed by atoms with van der Waals surface area (Å²) in [7, 11) is 0. The normalized spacial score (nSPS) is 10.4. The standard InChI is InChI=1S/C17H20N2S2/c1-13(2)18-17(20)19-15-10-8-14(9-11-15)12-21-16-6-4-3-5-7-16/h3-11,13H,12H2,1-2H3,(H2,18,19,20). The zero-order chi connectivity index (χ0) is 15.1. The summed E-state index contributed by atoms with van der Waals surface area (Å²) < 4.78 is 0. The molecule has 2 nitrogen and oxygen atoms in total. The van der Waals surface area contributed by atoms with E-state index in [1.54, 1.807) is 0 Å². The summed E-state index contributed by atoms with van der Waals surface area (Å²) in [6.07, 6.45) is 0. The molecule has 2 N–H and O–H groups in total. The predicted octanol–water partition coefficient (Wildman–Crippen LogP) is 4.67. The molecule has 4 heteroatoms. The van der Waals surface area contributed by atoms with Crippen molar-refractivity contribution in [2.75, 3.05) is 5.32 Å². The van der Waals surface area contributed by atoms with Crippen LogP contribution < -0.4 is 10.6 Å². The quantitative estimate of drug-likeness (QED) is 0.618. The lowest BCUT2D eigenvalue weighted by Gasteiger charge is -2.13. The number of rotatable bonds is 5. The Balaban J connectivity index is 1.86. The van der Waals surface area contributed by atoms with E-state index in [0.29, 0.717) is 11.2 Å². The Kier molecular flexibility index (Phi) is 6.08. The molecule has 0 heterocycles. The smallest absolute Gasteiger partial charge is 0.170 e. The van der Waals surface area contributed by atoms with Gasteiger partial charge in [-0.25, -0.2) is 0 Å². The highest BCUT2D eigenvalue weighted by atomic mass is 32.2. The first kappa shape index (κ1) is 15.9. The van der Waals surface area contributed by atoms with Gasteiger partial charge < -0.3 is 10.6 Å². The van der Waals surface area contributed by atoms with E-state index in [9.17, 15) is 0 Å². The van der Waals surface area contributed by atoms with E-state index < -0.39 is 0 Å². The first-order valence-electron chi connectivity index (χ1n) is 6.98. The second-order valence-electron chi connectivity index (χ2n) is 5.05. The summed E-state index contributed by atoms with van der Waals surface area (Å²) in [4.78, 5) is 1.29. The van der Waals surface area contributed by atoms with Crippen LogP contribution in [-0.4, -0.2) is 11.2 Å². The molecule has 2 rings (SSSR count). The third-order valence-electron chi connectivity index (χ3n) is 2.78. The lowest BCUT2D eigenvalue weighted by molar-refractivity contribution is 0.739. The molecule has 0 aliphatic rings. The van der Waals surface area contributed by atoms with E-state index in [4.69, 9.17) is 12.2 Å². The molecule has 2 aromatic rings. The average molecular weight is 316 g/mol. The molecule has 0 radical (unpaired) electrons. The van der Waals surface area contributed by atoms with Gasteiger partial charge in [-0.1, -0.05) is 30.3 Å². The number of thiocarbonyl (C=S) groups is 1. The van der Waals surface area contributed by atoms with Crippen molar-refractivity contribution in [3.63, 3.8) is 0 Å². The second kappa shape index (κ2) is 8.05. The minimum Gasteiger partial charge on any atom is -0.360 e. The minimum atomic E-state index is 0.339. The van der Waals surface area contributed by atoms with Gasteiger partial charge in [-0.15, -0.1) is 11.8 Å². The Hall–Kier alpha value is -1.52. The van der Waals surface area contributed by atoms with Gasteiger partial charge in [0.25, 0.3) is 0 Å². The van der Waals surface area contributed by atoms with Crippen LogP contribution in [0.25, 0.3) is 0 Å². The van der Waals surface area contributed by atoms with Crippen LogP contribution in [0.4, 0.5) is 5.69 Å². The Labute approximate surface area is 136 Å². The molecule has 0 aliphatic heterocycles. The first-order chi connectivity index (χ1) is 10.1. The van der Waals surface area contributed by atoms with Crippen molar-refractivity contribution in [1.29, 1.82) is 0 Å². The van der Waals surface area contributed by atoms with Gasteiger partial charge in [0.05, 0.1) is 0 Å². The van der Waals surface area contributed by atoms with Gasteiger partial charge in [-0.2, -0.15) is 0 Å². The fraction of sp³-hybridized carbons (Fsp3) is 0.235. The van der Waals surface area contributed by atoms with E-state index in [2.05, 4.69) is 73.0 Å². The van der Waals surface area contributed by atoms with Crippen LogP contribution in [0.1, 0.15) is 19.4 Å². The number of hydrogen-bond donors (Lipinski definition) is 2. The summed E-state index contributed by atoms with van der Waals surface area (Å²) in [5, 5.41) is 7.02. The van der Waals surface area contributed by atoms with Gasteiger partial charge in [0.1, 0.15) is 0 Å². The molecule has 0 spiro atoms. The molecule has 0 saturated heterocycles. The van der Waals surface area contributed by atoms with Gasteiger partial charge in [-0.3, -0.25) is 0 Å². The third kappa shape index (κ3) is 5.78. The maximum Gasteiger partial charge on any atom is 0.170 e. The highest BCUT2D eigenvalue weighted by Gasteiger charge is 2.00. The maximum absolute atomic E-state index is 5.23. The van der Waals surface area contributed by atoms with Crippen molar-refractivity contribution in [2.45, 2.75) is 30.5 Å². The molecule has 0 aromatic heterocycles. The van der Waals surface area contributed by atoms with Crippen LogP contribution in [0.15, 0.2) is 59.5 Å². The maximum atomic E-state index is 5.23. The molecule has 0 unspecified atom stereocenters. The zero-order valence-corrected chi connectivity index (χ0v) is 13.9. The number of thioether (sulfide) groups is 1. The fourth-order valence-corrected chi connectivity index (χ4v) is 3.03. The van der Waals surface area contributed by atoms with E-state index >= 15 is 0 Å². The lowest BCUT2D eigenvalue weighted by Crippen LogP contribution is -2.33. The number of benzene rings is 2. The van der Waals surface area contributed by atoms with E-state index in [1.165, 1.54) is 10.5 Å². The SMILES string of the molecule is CC(C)NC(=S)Nc1ccc(CSc2ccccc2)cc1. The fourth-order valence-electron chi connectivity index (χ4n) is 1.80. The van der Waals surface area contributed by atoms with Gasteiger partial charge in [0.15, 0.2) is 5.11 Å². The summed E-state index contributed by atoms with van der Waals surface area (Å²) >= 11 is 7.08. The van der Waals surface area contributed by atoms with Crippen molar-refractivity contribution >= 4 is 34.8 Å². The monoisotopic (exact) mass is 316 g/mol. The van der Waals surface area contributed by atoms with Crippen molar-refractivity contribution in [2.24, 2.45) is 0 Å². The molecule has 2 aromatic carbocycles. The van der Waals surface area contributed by atoms with E-state index in [1.807, 2.05) is 17.8 Å². The van der Waals surface area contributed by atoms with E-state index in [0.717, 1.165) is 11.4 Å². The zero-order valence-electron chi connectivity index (χ0n) is 12.3. The molecule has 0 fully saturated rings. The molecule has 110 valence electrons. The Bertz CT molecular complexity index is 565. The summed E-state index contributed by atoms with van der Waals surface area (Å²) in [6.45, 7) is 4.13. The van der Waals surface area contributed by atoms with Crippen LogP contribution >= 0.6 is 24.0 Å². The van der Waals surface area contributed by atoms with Gasteiger partial charge in [-0.05, 0) is 55.9 Å². The Morgan fingerprint density at radius 2 is 1.71 bits per heavy atom. The molecule has 0 atom stereocenters. The Morgan fingerprint density at radius 1 is 1.05 bits per heavy atom. The highest BCUT2D eigenvalue weighted by Crippen LogP contribution is 2.23. The van der Waals surface area contributed by atoms with Crippen molar-refractivity contribution in [3.05, 3.63) is 60.2 Å². The van der Waals surface area contributed by atoms with Crippen LogP contribution in [0.2, 0.25) is 0 Å². The average Bonchev–Trinajstić information content (AvgIpc) is 2.47. The summed E-state index contributed by atoms with van der Waals surface area (Å²) in [6, 6.07) is 19.2.